The SMILES string of the molecule is CC(C)N(CCCO)c1cc(C#N)ccc1[N+](=O)[O-]. The number of nitriles is 1. The summed E-state index contributed by atoms with van der Waals surface area (Å²) in [6.07, 6.45) is 0.520. The third kappa shape index (κ3) is 3.66. The Morgan fingerprint density at radius 2 is 2.21 bits per heavy atom. The molecular formula is C13H17N3O3. The third-order valence-corrected chi connectivity index (χ3v) is 2.79. The molecule has 0 unspecified atom stereocenters. The second-order valence-corrected chi connectivity index (χ2v) is 4.44. The lowest BCUT2D eigenvalue weighted by molar-refractivity contribution is -0.384. The molecule has 0 aromatic heterocycles. The number of rotatable bonds is 6. The van der Waals surface area contributed by atoms with Crippen molar-refractivity contribution in [1.82, 2.24) is 0 Å². The monoisotopic (exact) mass is 263 g/mol. The Bertz CT molecular complexity index is 494. The van der Waals surface area contributed by atoms with Gasteiger partial charge in [-0.3, -0.25) is 10.1 Å². The highest BCUT2D eigenvalue weighted by Gasteiger charge is 2.21. The van der Waals surface area contributed by atoms with Crippen LogP contribution in [0.4, 0.5) is 11.4 Å². The second-order valence-electron chi connectivity index (χ2n) is 4.44. The van der Waals surface area contributed by atoms with E-state index in [-0.39, 0.29) is 18.3 Å². The van der Waals surface area contributed by atoms with E-state index in [1.54, 1.807) is 0 Å². The highest BCUT2D eigenvalue weighted by molar-refractivity contribution is 5.66. The number of benzene rings is 1. The van der Waals surface area contributed by atoms with E-state index in [0.29, 0.717) is 24.2 Å². The second kappa shape index (κ2) is 6.71. The van der Waals surface area contributed by atoms with Crippen molar-refractivity contribution in [3.05, 3.63) is 33.9 Å². The number of aliphatic hydroxyl groups excluding tert-OH is 1. The summed E-state index contributed by atoms with van der Waals surface area (Å²) in [5, 5.41) is 28.9. The maximum absolute atomic E-state index is 11.1. The lowest BCUT2D eigenvalue weighted by Gasteiger charge is -2.28. The average Bonchev–Trinajstić information content (AvgIpc) is 2.38. The minimum atomic E-state index is -0.454. The quantitative estimate of drug-likeness (QED) is 0.626. The molecule has 0 fully saturated rings. The molecule has 6 heteroatoms. The predicted molar refractivity (Wildman–Crippen MR) is 72.0 cm³/mol. The highest BCUT2D eigenvalue weighted by atomic mass is 16.6. The van der Waals surface area contributed by atoms with Gasteiger partial charge < -0.3 is 10.0 Å². The minimum absolute atomic E-state index is 0.0226. The van der Waals surface area contributed by atoms with Crippen molar-refractivity contribution in [3.8, 4) is 6.07 Å². The van der Waals surface area contributed by atoms with Gasteiger partial charge in [0.15, 0.2) is 0 Å². The van der Waals surface area contributed by atoms with Crippen LogP contribution in [0.1, 0.15) is 25.8 Å². The van der Waals surface area contributed by atoms with E-state index in [0.717, 1.165) is 0 Å². The number of nitro groups is 1. The van der Waals surface area contributed by atoms with E-state index in [1.807, 2.05) is 24.8 Å². The lowest BCUT2D eigenvalue weighted by Crippen LogP contribution is -2.32. The molecule has 1 aromatic carbocycles. The number of nitrogens with zero attached hydrogens (tertiary/aromatic N) is 3. The summed E-state index contributed by atoms with van der Waals surface area (Å²) >= 11 is 0. The van der Waals surface area contributed by atoms with Crippen molar-refractivity contribution in [3.63, 3.8) is 0 Å². The molecule has 0 saturated heterocycles. The smallest absolute Gasteiger partial charge is 0.292 e. The van der Waals surface area contributed by atoms with E-state index in [9.17, 15) is 10.1 Å². The van der Waals surface area contributed by atoms with Gasteiger partial charge in [0.25, 0.3) is 5.69 Å². The van der Waals surface area contributed by atoms with Crippen molar-refractivity contribution in [2.45, 2.75) is 26.3 Å². The summed E-state index contributed by atoms with van der Waals surface area (Å²) in [6.45, 7) is 4.36. The number of hydrogen-bond acceptors (Lipinski definition) is 5. The predicted octanol–water partition coefficient (Wildman–Crippen LogP) is 2.06. The Hall–Kier alpha value is -2.13. The van der Waals surface area contributed by atoms with Gasteiger partial charge in [0, 0.05) is 25.3 Å². The Labute approximate surface area is 112 Å². The van der Waals surface area contributed by atoms with Gasteiger partial charge in [0.1, 0.15) is 5.69 Å². The number of aliphatic hydroxyl groups is 1. The fourth-order valence-corrected chi connectivity index (χ4v) is 1.88. The molecule has 0 spiro atoms. The van der Waals surface area contributed by atoms with Crippen LogP contribution < -0.4 is 4.90 Å². The summed E-state index contributed by atoms with van der Waals surface area (Å²) in [5.74, 6) is 0. The van der Waals surface area contributed by atoms with E-state index >= 15 is 0 Å². The van der Waals surface area contributed by atoms with Gasteiger partial charge in [-0.05, 0) is 32.4 Å². The molecule has 102 valence electrons. The first kappa shape index (κ1) is 14.9. The van der Waals surface area contributed by atoms with Crippen molar-refractivity contribution >= 4 is 11.4 Å². The highest BCUT2D eigenvalue weighted by Crippen LogP contribution is 2.30. The van der Waals surface area contributed by atoms with Crippen molar-refractivity contribution in [1.29, 1.82) is 5.26 Å². The van der Waals surface area contributed by atoms with Gasteiger partial charge in [-0.1, -0.05) is 0 Å². The molecule has 6 nitrogen and oxygen atoms in total. The van der Waals surface area contributed by atoms with E-state index in [2.05, 4.69) is 0 Å². The molecule has 0 heterocycles. The zero-order valence-electron chi connectivity index (χ0n) is 11.0. The van der Waals surface area contributed by atoms with Gasteiger partial charge in [-0.2, -0.15) is 5.26 Å². The molecule has 0 aliphatic rings. The average molecular weight is 263 g/mol. The summed E-state index contributed by atoms with van der Waals surface area (Å²) in [7, 11) is 0. The van der Waals surface area contributed by atoms with Crippen LogP contribution in [-0.2, 0) is 0 Å². The zero-order valence-corrected chi connectivity index (χ0v) is 11.0. The Morgan fingerprint density at radius 1 is 1.53 bits per heavy atom. The molecule has 0 aliphatic heterocycles. The van der Waals surface area contributed by atoms with E-state index in [1.165, 1.54) is 18.2 Å². The fraction of sp³-hybridized carbons (Fsp3) is 0.462. The molecule has 1 aromatic rings. The molecule has 0 aliphatic carbocycles. The lowest BCUT2D eigenvalue weighted by atomic mass is 10.1. The molecule has 19 heavy (non-hydrogen) atoms. The minimum Gasteiger partial charge on any atom is -0.396 e. The molecule has 0 radical (unpaired) electrons. The van der Waals surface area contributed by atoms with Gasteiger partial charge in [-0.25, -0.2) is 0 Å². The Balaban J connectivity index is 3.25. The Morgan fingerprint density at radius 3 is 2.68 bits per heavy atom. The summed E-state index contributed by atoms with van der Waals surface area (Å²) < 4.78 is 0. The fourth-order valence-electron chi connectivity index (χ4n) is 1.88. The standard InChI is InChI=1S/C13H17N3O3/c1-10(2)15(6-3-7-17)13-8-11(9-14)4-5-12(13)16(18)19/h4-5,8,10,17H,3,6-7H2,1-2H3. The first-order valence-electron chi connectivity index (χ1n) is 6.07. The number of hydrogen-bond donors (Lipinski definition) is 1. The van der Waals surface area contributed by atoms with Gasteiger partial charge in [-0.15, -0.1) is 0 Å². The summed E-state index contributed by atoms with van der Waals surface area (Å²) in [4.78, 5) is 12.4. The van der Waals surface area contributed by atoms with Crippen LogP contribution in [0.25, 0.3) is 0 Å². The van der Waals surface area contributed by atoms with Crippen LogP contribution in [0.3, 0.4) is 0 Å². The molecular weight excluding hydrogens is 246 g/mol. The van der Waals surface area contributed by atoms with Crippen molar-refractivity contribution < 1.29 is 10.0 Å². The van der Waals surface area contributed by atoms with Crippen molar-refractivity contribution in [2.24, 2.45) is 0 Å². The largest absolute Gasteiger partial charge is 0.396 e. The van der Waals surface area contributed by atoms with Gasteiger partial charge in [0.05, 0.1) is 16.6 Å². The maximum Gasteiger partial charge on any atom is 0.292 e. The first-order chi connectivity index (χ1) is 9.01. The summed E-state index contributed by atoms with van der Waals surface area (Å²) in [5.41, 5.74) is 0.786. The number of nitro benzene ring substituents is 1. The Kier molecular flexibility index (Phi) is 5.27. The molecule has 1 rings (SSSR count). The van der Waals surface area contributed by atoms with E-state index in [4.69, 9.17) is 10.4 Å². The first-order valence-corrected chi connectivity index (χ1v) is 6.07. The molecule has 0 bridgehead atoms. The van der Waals surface area contributed by atoms with Gasteiger partial charge in [0.2, 0.25) is 0 Å². The number of anilines is 1. The van der Waals surface area contributed by atoms with Crippen LogP contribution in [0.15, 0.2) is 18.2 Å². The molecule has 0 atom stereocenters. The van der Waals surface area contributed by atoms with Gasteiger partial charge >= 0.3 is 0 Å². The van der Waals surface area contributed by atoms with Crippen LogP contribution in [0.2, 0.25) is 0 Å². The van der Waals surface area contributed by atoms with Crippen LogP contribution in [0, 0.1) is 21.4 Å². The van der Waals surface area contributed by atoms with Crippen LogP contribution in [0.5, 0.6) is 0 Å². The topological polar surface area (TPSA) is 90.4 Å². The van der Waals surface area contributed by atoms with Crippen LogP contribution in [-0.4, -0.2) is 29.2 Å². The maximum atomic E-state index is 11.1. The normalized spacial score (nSPS) is 10.3. The molecule has 1 N–H and O–H groups in total. The summed E-state index contributed by atoms with van der Waals surface area (Å²) in [6, 6.07) is 6.34. The molecule has 0 saturated carbocycles. The zero-order chi connectivity index (χ0) is 14.4. The van der Waals surface area contributed by atoms with Crippen LogP contribution >= 0.6 is 0 Å². The van der Waals surface area contributed by atoms with E-state index < -0.39 is 4.92 Å². The third-order valence-electron chi connectivity index (χ3n) is 2.79. The molecule has 0 amide bonds. The van der Waals surface area contributed by atoms with Crippen molar-refractivity contribution in [2.75, 3.05) is 18.1 Å².